The van der Waals surface area contributed by atoms with Gasteiger partial charge in [-0.2, -0.15) is 0 Å². The van der Waals surface area contributed by atoms with Crippen LogP contribution in [0.2, 0.25) is 0 Å². The van der Waals surface area contributed by atoms with Gasteiger partial charge in [-0.05, 0) is 30.2 Å². The van der Waals surface area contributed by atoms with Crippen molar-refractivity contribution in [3.05, 3.63) is 28.2 Å². The Morgan fingerprint density at radius 2 is 2.19 bits per heavy atom. The number of carbonyl (C=O) groups is 1. The highest BCUT2D eigenvalue weighted by Crippen LogP contribution is 2.21. The predicted molar refractivity (Wildman–Crippen MR) is 83.7 cm³/mol. The van der Waals surface area contributed by atoms with Crippen LogP contribution in [0.25, 0.3) is 0 Å². The van der Waals surface area contributed by atoms with Gasteiger partial charge >= 0.3 is 6.03 Å². The van der Waals surface area contributed by atoms with Crippen LogP contribution in [0, 0.1) is 0 Å². The SMILES string of the molecule is CCc1cc(Br)ccc1S(=O)(=O)NCCN1CCNC1=O. The van der Waals surface area contributed by atoms with Crippen molar-refractivity contribution in [2.75, 3.05) is 26.2 Å². The van der Waals surface area contributed by atoms with Crippen LogP contribution in [0.3, 0.4) is 0 Å². The number of nitrogens with zero attached hydrogens (tertiary/aromatic N) is 1. The van der Waals surface area contributed by atoms with Gasteiger partial charge in [-0.3, -0.25) is 0 Å². The van der Waals surface area contributed by atoms with Gasteiger partial charge in [-0.15, -0.1) is 0 Å². The number of sulfonamides is 1. The summed E-state index contributed by atoms with van der Waals surface area (Å²) in [6.07, 6.45) is 0.629. The van der Waals surface area contributed by atoms with Crippen LogP contribution in [0.15, 0.2) is 27.6 Å². The maximum atomic E-state index is 12.3. The Bertz CT molecular complexity index is 634. The number of nitrogens with one attached hydrogen (secondary N) is 2. The molecule has 2 N–H and O–H groups in total. The number of urea groups is 1. The Balaban J connectivity index is 2.03. The van der Waals surface area contributed by atoms with Gasteiger partial charge in [0.25, 0.3) is 0 Å². The van der Waals surface area contributed by atoms with Crippen LogP contribution in [-0.4, -0.2) is 45.5 Å². The van der Waals surface area contributed by atoms with Crippen LogP contribution in [0.5, 0.6) is 0 Å². The molecule has 2 amide bonds. The monoisotopic (exact) mass is 375 g/mol. The van der Waals surface area contributed by atoms with E-state index in [9.17, 15) is 13.2 Å². The molecule has 0 bridgehead atoms. The molecule has 0 radical (unpaired) electrons. The quantitative estimate of drug-likeness (QED) is 0.786. The molecule has 1 aliphatic heterocycles. The van der Waals surface area contributed by atoms with Gasteiger partial charge in [0.2, 0.25) is 10.0 Å². The fourth-order valence-corrected chi connectivity index (χ4v) is 3.92. The average molecular weight is 376 g/mol. The summed E-state index contributed by atoms with van der Waals surface area (Å²) in [6.45, 7) is 3.70. The molecule has 0 saturated carbocycles. The molecule has 0 aromatic heterocycles. The van der Waals surface area contributed by atoms with Crippen LogP contribution in [0.4, 0.5) is 4.79 Å². The number of halogens is 1. The number of carbonyl (C=O) groups excluding carboxylic acids is 1. The zero-order valence-electron chi connectivity index (χ0n) is 11.7. The third-order valence-electron chi connectivity index (χ3n) is 3.31. The summed E-state index contributed by atoms with van der Waals surface area (Å²) in [5.74, 6) is 0. The summed E-state index contributed by atoms with van der Waals surface area (Å²) in [5.41, 5.74) is 0.760. The van der Waals surface area contributed by atoms with Crippen LogP contribution >= 0.6 is 15.9 Å². The minimum absolute atomic E-state index is 0.146. The van der Waals surface area contributed by atoms with E-state index in [2.05, 4.69) is 26.0 Å². The molecule has 6 nitrogen and oxygen atoms in total. The van der Waals surface area contributed by atoms with Gasteiger partial charge in [0, 0.05) is 30.7 Å². The van der Waals surface area contributed by atoms with E-state index >= 15 is 0 Å². The summed E-state index contributed by atoms with van der Waals surface area (Å²) in [4.78, 5) is 13.2. The molecular weight excluding hydrogens is 358 g/mol. The number of hydrogen-bond donors (Lipinski definition) is 2. The van der Waals surface area contributed by atoms with Gasteiger partial charge in [0.1, 0.15) is 0 Å². The first-order chi connectivity index (χ1) is 9.94. The summed E-state index contributed by atoms with van der Waals surface area (Å²) >= 11 is 3.34. The van der Waals surface area contributed by atoms with E-state index in [0.717, 1.165) is 10.0 Å². The van der Waals surface area contributed by atoms with Crippen molar-refractivity contribution in [1.82, 2.24) is 14.9 Å². The fourth-order valence-electron chi connectivity index (χ4n) is 2.20. The second-order valence-corrected chi connectivity index (χ2v) is 7.37. The number of benzene rings is 1. The Kier molecular flexibility index (Phi) is 5.23. The highest BCUT2D eigenvalue weighted by Gasteiger charge is 2.21. The first kappa shape index (κ1) is 16.3. The topological polar surface area (TPSA) is 78.5 Å². The standard InChI is InChI=1S/C13H18BrN3O3S/c1-2-10-9-11(14)3-4-12(10)21(19,20)16-6-8-17-7-5-15-13(17)18/h3-4,9,16H,2,5-8H2,1H3,(H,15,18). The minimum Gasteiger partial charge on any atom is -0.336 e. The van der Waals surface area contributed by atoms with Crippen molar-refractivity contribution in [3.8, 4) is 0 Å². The van der Waals surface area contributed by atoms with Gasteiger partial charge < -0.3 is 10.2 Å². The molecule has 1 heterocycles. The lowest BCUT2D eigenvalue weighted by atomic mass is 10.2. The average Bonchev–Trinajstić information content (AvgIpc) is 2.84. The number of rotatable bonds is 6. The van der Waals surface area contributed by atoms with Crippen LogP contribution < -0.4 is 10.0 Å². The third kappa shape index (κ3) is 3.96. The van der Waals surface area contributed by atoms with Crippen molar-refractivity contribution >= 4 is 32.0 Å². The first-order valence-electron chi connectivity index (χ1n) is 6.75. The van der Waals surface area contributed by atoms with E-state index in [1.165, 1.54) is 0 Å². The van der Waals surface area contributed by atoms with E-state index in [4.69, 9.17) is 0 Å². The van der Waals surface area contributed by atoms with Crippen LogP contribution in [-0.2, 0) is 16.4 Å². The normalized spacial score (nSPS) is 15.3. The highest BCUT2D eigenvalue weighted by atomic mass is 79.9. The van der Waals surface area contributed by atoms with Gasteiger partial charge in [0.15, 0.2) is 0 Å². The van der Waals surface area contributed by atoms with E-state index in [1.54, 1.807) is 17.0 Å². The summed E-state index contributed by atoms with van der Waals surface area (Å²) in [7, 11) is -3.56. The Labute approximate surface area is 133 Å². The molecule has 0 atom stereocenters. The first-order valence-corrected chi connectivity index (χ1v) is 9.02. The highest BCUT2D eigenvalue weighted by molar-refractivity contribution is 9.10. The van der Waals surface area contributed by atoms with Gasteiger partial charge in [-0.25, -0.2) is 17.9 Å². The molecule has 0 spiro atoms. The zero-order chi connectivity index (χ0) is 15.5. The van der Waals surface area contributed by atoms with Crippen molar-refractivity contribution in [2.24, 2.45) is 0 Å². The van der Waals surface area contributed by atoms with E-state index < -0.39 is 10.0 Å². The molecule has 1 aromatic rings. The Morgan fingerprint density at radius 3 is 2.81 bits per heavy atom. The van der Waals surface area contributed by atoms with Crippen molar-refractivity contribution in [2.45, 2.75) is 18.2 Å². The van der Waals surface area contributed by atoms with Crippen molar-refractivity contribution < 1.29 is 13.2 Å². The molecule has 0 aliphatic carbocycles. The number of aryl methyl sites for hydroxylation is 1. The maximum Gasteiger partial charge on any atom is 0.317 e. The van der Waals surface area contributed by atoms with Gasteiger partial charge in [0.05, 0.1) is 4.90 Å². The fraction of sp³-hybridized carbons (Fsp3) is 0.462. The van der Waals surface area contributed by atoms with Gasteiger partial charge in [-0.1, -0.05) is 22.9 Å². The molecule has 21 heavy (non-hydrogen) atoms. The third-order valence-corrected chi connectivity index (χ3v) is 5.37. The molecule has 1 aromatic carbocycles. The zero-order valence-corrected chi connectivity index (χ0v) is 14.1. The predicted octanol–water partition coefficient (Wildman–Crippen LogP) is 1.32. The van der Waals surface area contributed by atoms with Crippen LogP contribution in [0.1, 0.15) is 12.5 Å². The van der Waals surface area contributed by atoms with Crippen molar-refractivity contribution in [1.29, 1.82) is 0 Å². The van der Waals surface area contributed by atoms with E-state index in [-0.39, 0.29) is 12.6 Å². The summed E-state index contributed by atoms with van der Waals surface area (Å²) in [5, 5.41) is 2.68. The molecule has 2 rings (SSSR count). The second-order valence-electron chi connectivity index (χ2n) is 4.72. The molecule has 116 valence electrons. The Morgan fingerprint density at radius 1 is 1.43 bits per heavy atom. The molecular formula is C13H18BrN3O3S. The smallest absolute Gasteiger partial charge is 0.317 e. The van der Waals surface area contributed by atoms with Crippen molar-refractivity contribution in [3.63, 3.8) is 0 Å². The second kappa shape index (κ2) is 6.76. The largest absolute Gasteiger partial charge is 0.336 e. The molecule has 0 unspecified atom stereocenters. The molecule has 8 heteroatoms. The van der Waals surface area contributed by atoms with E-state index in [1.807, 2.05) is 13.0 Å². The molecule has 1 saturated heterocycles. The summed E-state index contributed by atoms with van der Waals surface area (Å²) in [6, 6.07) is 4.96. The molecule has 1 aliphatic rings. The summed E-state index contributed by atoms with van der Waals surface area (Å²) < 4.78 is 28.1. The number of hydrogen-bond acceptors (Lipinski definition) is 3. The lowest BCUT2D eigenvalue weighted by molar-refractivity contribution is 0.218. The number of amides is 2. The minimum atomic E-state index is -3.56. The Hall–Kier alpha value is -1.12. The van der Waals surface area contributed by atoms with E-state index in [0.29, 0.717) is 31.0 Å². The lowest BCUT2D eigenvalue weighted by Gasteiger charge is -2.15. The lowest BCUT2D eigenvalue weighted by Crippen LogP contribution is -2.37. The molecule has 1 fully saturated rings. The maximum absolute atomic E-state index is 12.3.